The summed E-state index contributed by atoms with van der Waals surface area (Å²) < 4.78 is 11.6. The first kappa shape index (κ1) is 17.5. The molecule has 4 rings (SSSR count). The SMILES string of the molecule is Cl.NC1(c2noc(-c3cc(Cl)ccc3OC3CCCC3)n2)CCC1. The number of nitrogens with zero attached hydrogens (tertiary/aromatic N) is 2. The van der Waals surface area contributed by atoms with Crippen LogP contribution in [0, 0.1) is 0 Å². The van der Waals surface area contributed by atoms with E-state index in [2.05, 4.69) is 10.1 Å². The molecule has 2 aliphatic carbocycles. The highest BCUT2D eigenvalue weighted by Gasteiger charge is 2.39. The summed E-state index contributed by atoms with van der Waals surface area (Å²) in [4.78, 5) is 4.51. The summed E-state index contributed by atoms with van der Waals surface area (Å²) in [5.74, 6) is 1.74. The lowest BCUT2D eigenvalue weighted by Crippen LogP contribution is -2.44. The van der Waals surface area contributed by atoms with Crippen molar-refractivity contribution in [2.45, 2.75) is 56.6 Å². The van der Waals surface area contributed by atoms with Crippen LogP contribution in [0.3, 0.4) is 0 Å². The molecule has 0 bridgehead atoms. The van der Waals surface area contributed by atoms with E-state index in [0.29, 0.717) is 16.7 Å². The van der Waals surface area contributed by atoms with Crippen molar-refractivity contribution in [1.82, 2.24) is 10.1 Å². The summed E-state index contributed by atoms with van der Waals surface area (Å²) >= 11 is 6.15. The van der Waals surface area contributed by atoms with Crippen LogP contribution in [0.1, 0.15) is 50.8 Å². The third kappa shape index (κ3) is 3.25. The molecule has 2 aliphatic rings. The fourth-order valence-corrected chi connectivity index (χ4v) is 3.45. The molecule has 2 aromatic rings. The summed E-state index contributed by atoms with van der Waals surface area (Å²) in [5.41, 5.74) is 6.58. The topological polar surface area (TPSA) is 74.2 Å². The zero-order valence-corrected chi connectivity index (χ0v) is 14.9. The molecule has 0 radical (unpaired) electrons. The van der Waals surface area contributed by atoms with Crippen molar-refractivity contribution in [2.24, 2.45) is 5.73 Å². The highest BCUT2D eigenvalue weighted by atomic mass is 35.5. The van der Waals surface area contributed by atoms with Crippen molar-refractivity contribution in [3.8, 4) is 17.2 Å². The summed E-state index contributed by atoms with van der Waals surface area (Å²) in [6, 6.07) is 5.51. The Morgan fingerprint density at radius 1 is 1.21 bits per heavy atom. The maximum atomic E-state index is 6.27. The first-order valence-corrected chi connectivity index (χ1v) is 8.61. The third-order valence-corrected chi connectivity index (χ3v) is 5.12. The second-order valence-electron chi connectivity index (χ2n) is 6.60. The van der Waals surface area contributed by atoms with Gasteiger partial charge in [-0.3, -0.25) is 0 Å². The molecule has 2 N–H and O–H groups in total. The normalized spacial score (nSPS) is 19.6. The smallest absolute Gasteiger partial charge is 0.261 e. The minimum absolute atomic E-state index is 0. The summed E-state index contributed by atoms with van der Waals surface area (Å²) in [6.45, 7) is 0. The Hall–Kier alpha value is -1.30. The first-order valence-electron chi connectivity index (χ1n) is 8.24. The fourth-order valence-electron chi connectivity index (χ4n) is 3.27. The molecule has 130 valence electrons. The number of hydrogen-bond donors (Lipinski definition) is 1. The van der Waals surface area contributed by atoms with Crippen molar-refractivity contribution >= 4 is 24.0 Å². The molecule has 7 heteroatoms. The van der Waals surface area contributed by atoms with Crippen molar-refractivity contribution < 1.29 is 9.26 Å². The molecular formula is C17H21Cl2N3O2. The van der Waals surface area contributed by atoms with Crippen molar-refractivity contribution in [1.29, 1.82) is 0 Å². The first-order chi connectivity index (χ1) is 11.1. The number of benzene rings is 1. The molecule has 5 nitrogen and oxygen atoms in total. The average molecular weight is 370 g/mol. The zero-order chi connectivity index (χ0) is 15.9. The van der Waals surface area contributed by atoms with Crippen LogP contribution in [-0.2, 0) is 5.54 Å². The van der Waals surface area contributed by atoms with Gasteiger partial charge in [0.2, 0.25) is 0 Å². The zero-order valence-electron chi connectivity index (χ0n) is 13.3. The Morgan fingerprint density at radius 3 is 2.62 bits per heavy atom. The average Bonchev–Trinajstić information content (AvgIpc) is 3.18. The molecule has 1 aromatic heterocycles. The highest BCUT2D eigenvalue weighted by Crippen LogP contribution is 2.39. The van der Waals surface area contributed by atoms with Crippen LogP contribution in [0.15, 0.2) is 22.7 Å². The van der Waals surface area contributed by atoms with Gasteiger partial charge in [-0.15, -0.1) is 12.4 Å². The monoisotopic (exact) mass is 369 g/mol. The second-order valence-corrected chi connectivity index (χ2v) is 7.03. The van der Waals surface area contributed by atoms with E-state index >= 15 is 0 Å². The van der Waals surface area contributed by atoms with Crippen LogP contribution in [0.25, 0.3) is 11.5 Å². The minimum Gasteiger partial charge on any atom is -0.490 e. The van der Waals surface area contributed by atoms with Gasteiger partial charge in [-0.2, -0.15) is 4.98 Å². The Kier molecular flexibility index (Phi) is 5.04. The molecule has 0 aliphatic heterocycles. The summed E-state index contributed by atoms with van der Waals surface area (Å²) in [7, 11) is 0. The lowest BCUT2D eigenvalue weighted by atomic mass is 9.77. The van der Waals surface area contributed by atoms with Gasteiger partial charge in [-0.05, 0) is 63.1 Å². The maximum absolute atomic E-state index is 6.27. The van der Waals surface area contributed by atoms with Crippen LogP contribution in [0.4, 0.5) is 0 Å². The van der Waals surface area contributed by atoms with Crippen molar-refractivity contribution in [2.75, 3.05) is 0 Å². The lowest BCUT2D eigenvalue weighted by Gasteiger charge is -2.34. The van der Waals surface area contributed by atoms with Crippen LogP contribution < -0.4 is 10.5 Å². The van der Waals surface area contributed by atoms with Gasteiger partial charge >= 0.3 is 0 Å². The predicted octanol–water partition coefficient (Wildman–Crippen LogP) is 4.47. The Balaban J connectivity index is 0.00000169. The van der Waals surface area contributed by atoms with E-state index in [-0.39, 0.29) is 18.5 Å². The largest absolute Gasteiger partial charge is 0.490 e. The van der Waals surface area contributed by atoms with Gasteiger partial charge in [-0.25, -0.2) is 0 Å². The quantitative estimate of drug-likeness (QED) is 0.860. The van der Waals surface area contributed by atoms with Crippen molar-refractivity contribution in [3.63, 3.8) is 0 Å². The van der Waals surface area contributed by atoms with Crippen LogP contribution in [-0.4, -0.2) is 16.2 Å². The number of rotatable bonds is 4. The number of hydrogen-bond acceptors (Lipinski definition) is 5. The molecule has 24 heavy (non-hydrogen) atoms. The highest BCUT2D eigenvalue weighted by molar-refractivity contribution is 6.30. The van der Waals surface area contributed by atoms with E-state index in [9.17, 15) is 0 Å². The van der Waals surface area contributed by atoms with E-state index in [1.807, 2.05) is 18.2 Å². The number of ether oxygens (including phenoxy) is 1. The van der Waals surface area contributed by atoms with E-state index in [4.69, 9.17) is 26.6 Å². The molecule has 0 atom stereocenters. The number of halogens is 2. The minimum atomic E-state index is -0.438. The predicted molar refractivity (Wildman–Crippen MR) is 94.6 cm³/mol. The van der Waals surface area contributed by atoms with Crippen LogP contribution in [0.2, 0.25) is 5.02 Å². The van der Waals surface area contributed by atoms with Gasteiger partial charge in [0.05, 0.1) is 17.2 Å². The van der Waals surface area contributed by atoms with Gasteiger partial charge in [0.15, 0.2) is 5.82 Å². The van der Waals surface area contributed by atoms with Crippen LogP contribution in [0.5, 0.6) is 5.75 Å². The van der Waals surface area contributed by atoms with E-state index < -0.39 is 5.54 Å². The molecule has 0 spiro atoms. The third-order valence-electron chi connectivity index (χ3n) is 4.88. The molecule has 2 saturated carbocycles. The van der Waals surface area contributed by atoms with Gasteiger partial charge < -0.3 is 15.0 Å². The Morgan fingerprint density at radius 2 is 1.96 bits per heavy atom. The fraction of sp³-hybridized carbons (Fsp3) is 0.529. The van der Waals surface area contributed by atoms with E-state index in [1.165, 1.54) is 12.8 Å². The van der Waals surface area contributed by atoms with E-state index in [1.54, 1.807) is 0 Å². The molecule has 0 unspecified atom stereocenters. The molecular weight excluding hydrogens is 349 g/mol. The molecule has 1 aromatic carbocycles. The molecule has 0 saturated heterocycles. The summed E-state index contributed by atoms with van der Waals surface area (Å²) in [5, 5.41) is 4.69. The number of nitrogens with two attached hydrogens (primary N) is 1. The van der Waals surface area contributed by atoms with E-state index in [0.717, 1.165) is 43.4 Å². The van der Waals surface area contributed by atoms with Crippen molar-refractivity contribution in [3.05, 3.63) is 29.0 Å². The molecule has 0 amide bonds. The second kappa shape index (κ2) is 6.90. The van der Waals surface area contributed by atoms with Gasteiger partial charge in [0.25, 0.3) is 5.89 Å². The Bertz CT molecular complexity index is 710. The maximum Gasteiger partial charge on any atom is 0.261 e. The summed E-state index contributed by atoms with van der Waals surface area (Å²) in [6.07, 6.45) is 7.76. The molecule has 2 fully saturated rings. The Labute approximate surface area is 152 Å². The van der Waals surface area contributed by atoms with Gasteiger partial charge in [0.1, 0.15) is 5.75 Å². The number of aromatic nitrogens is 2. The van der Waals surface area contributed by atoms with Gasteiger partial charge in [0, 0.05) is 5.02 Å². The van der Waals surface area contributed by atoms with Crippen LogP contribution >= 0.6 is 24.0 Å². The standard InChI is InChI=1S/C17H20ClN3O2.ClH/c18-11-6-7-14(22-12-4-1-2-5-12)13(10-11)15-20-16(21-23-15)17(19)8-3-9-17;/h6-7,10,12H,1-5,8-9,19H2;1H. The lowest BCUT2D eigenvalue weighted by molar-refractivity contribution is 0.210. The van der Waals surface area contributed by atoms with Gasteiger partial charge in [-0.1, -0.05) is 16.8 Å². The molecule has 1 heterocycles.